The highest BCUT2D eigenvalue weighted by molar-refractivity contribution is 6.11. The number of hydrogen-bond donors (Lipinski definition) is 2. The van der Waals surface area contributed by atoms with Crippen LogP contribution in [0.1, 0.15) is 55.9 Å². The van der Waals surface area contributed by atoms with Crippen LogP contribution in [-0.4, -0.2) is 5.71 Å². The Morgan fingerprint density at radius 2 is 1.75 bits per heavy atom. The van der Waals surface area contributed by atoms with Gasteiger partial charge in [0.15, 0.2) is 0 Å². The highest BCUT2D eigenvalue weighted by Gasteiger charge is 2.07. The van der Waals surface area contributed by atoms with E-state index >= 15 is 0 Å². The van der Waals surface area contributed by atoms with E-state index in [1.165, 1.54) is 10.4 Å². The summed E-state index contributed by atoms with van der Waals surface area (Å²) in [5, 5.41) is 14.4. The van der Waals surface area contributed by atoms with Gasteiger partial charge in [0.25, 0.3) is 0 Å². The van der Waals surface area contributed by atoms with Gasteiger partial charge in [-0.05, 0) is 82.3 Å². The molecule has 0 saturated heterocycles. The minimum Gasteiger partial charge on any atom is -0.374 e. The molecule has 0 heterocycles. The summed E-state index contributed by atoms with van der Waals surface area (Å²) in [7, 11) is 0. The summed E-state index contributed by atoms with van der Waals surface area (Å²) in [6.45, 7) is 18.9. The molecule has 0 radical (unpaired) electrons. The lowest BCUT2D eigenvalue weighted by Gasteiger charge is -2.12. The average molecular weight is 525 g/mol. The second kappa shape index (κ2) is 15.1. The fraction of sp³-hybridized carbons (Fsp3) is 0.158. The van der Waals surface area contributed by atoms with Gasteiger partial charge in [-0.25, -0.2) is 0 Å². The first-order valence-corrected chi connectivity index (χ1v) is 13.8. The molecule has 0 bridgehead atoms. The van der Waals surface area contributed by atoms with Crippen molar-refractivity contribution in [2.24, 2.45) is 0 Å². The molecule has 202 valence electrons. The smallest absolute Gasteiger partial charge is 0.0844 e. The maximum Gasteiger partial charge on any atom is 0.0844 e. The number of hydrogen-bond acceptors (Lipinski definition) is 2. The molecule has 0 unspecified atom stereocenters. The summed E-state index contributed by atoms with van der Waals surface area (Å²) in [4.78, 5) is 0. The first kappa shape index (κ1) is 29.9. The van der Waals surface area contributed by atoms with Crippen molar-refractivity contribution < 1.29 is 0 Å². The molecule has 3 aromatic rings. The van der Waals surface area contributed by atoms with Crippen molar-refractivity contribution in [3.63, 3.8) is 0 Å². The number of unbranched alkanes of at least 4 members (excludes halogenated alkanes) is 1. The molecule has 40 heavy (non-hydrogen) atoms. The molecule has 0 aliphatic carbocycles. The fourth-order valence-corrected chi connectivity index (χ4v) is 4.49. The van der Waals surface area contributed by atoms with Gasteiger partial charge in [-0.3, -0.25) is 5.41 Å². The Morgan fingerprint density at radius 3 is 2.40 bits per heavy atom. The predicted octanol–water partition coefficient (Wildman–Crippen LogP) is 8.35. The monoisotopic (exact) mass is 524 g/mol. The highest BCUT2D eigenvalue weighted by Crippen LogP contribution is 2.23. The second-order valence-electron chi connectivity index (χ2n) is 9.52. The predicted molar refractivity (Wildman–Crippen MR) is 176 cm³/mol. The van der Waals surface area contributed by atoms with Gasteiger partial charge in [-0.15, -0.1) is 5.73 Å². The Labute approximate surface area is 240 Å². The lowest BCUT2D eigenvalue weighted by molar-refractivity contribution is 0.891. The van der Waals surface area contributed by atoms with Crippen LogP contribution in [0.15, 0.2) is 116 Å². The van der Waals surface area contributed by atoms with Crippen molar-refractivity contribution in [3.05, 3.63) is 149 Å². The third kappa shape index (κ3) is 7.69. The minimum absolute atomic E-state index is 0.420. The molecule has 0 fully saturated rings. The first-order chi connectivity index (χ1) is 19.4. The average Bonchev–Trinajstić information content (AvgIpc) is 2.99. The van der Waals surface area contributed by atoms with Crippen molar-refractivity contribution in [3.8, 4) is 11.1 Å². The summed E-state index contributed by atoms with van der Waals surface area (Å²) in [6, 6.07) is 21.0. The van der Waals surface area contributed by atoms with Crippen molar-refractivity contribution in [1.29, 1.82) is 5.41 Å². The van der Waals surface area contributed by atoms with Crippen molar-refractivity contribution >= 4 is 29.6 Å². The van der Waals surface area contributed by atoms with Gasteiger partial charge < -0.3 is 5.32 Å². The van der Waals surface area contributed by atoms with Crippen LogP contribution in [-0.2, 0) is 6.54 Å². The molecule has 2 N–H and O–H groups in total. The molecule has 0 amide bonds. The van der Waals surface area contributed by atoms with Crippen LogP contribution in [0.4, 0.5) is 0 Å². The second-order valence-corrected chi connectivity index (χ2v) is 9.52. The van der Waals surface area contributed by atoms with E-state index in [-0.39, 0.29) is 0 Å². The van der Waals surface area contributed by atoms with E-state index in [4.69, 9.17) is 5.41 Å². The van der Waals surface area contributed by atoms with E-state index in [0.29, 0.717) is 17.8 Å². The van der Waals surface area contributed by atoms with Gasteiger partial charge in [-0.1, -0.05) is 118 Å². The van der Waals surface area contributed by atoms with Gasteiger partial charge in [0.2, 0.25) is 0 Å². The molecule has 0 aromatic heterocycles. The van der Waals surface area contributed by atoms with Crippen molar-refractivity contribution in [1.82, 2.24) is 5.32 Å². The first-order valence-electron chi connectivity index (χ1n) is 13.8. The van der Waals surface area contributed by atoms with Crippen LogP contribution in [0.5, 0.6) is 0 Å². The summed E-state index contributed by atoms with van der Waals surface area (Å²) in [5.74, 6) is 0. The van der Waals surface area contributed by atoms with Gasteiger partial charge in [0.1, 0.15) is 0 Å². The fourth-order valence-electron chi connectivity index (χ4n) is 4.49. The van der Waals surface area contributed by atoms with Crippen LogP contribution in [0, 0.1) is 5.41 Å². The van der Waals surface area contributed by atoms with Gasteiger partial charge >= 0.3 is 0 Å². The van der Waals surface area contributed by atoms with E-state index in [0.717, 1.165) is 51.9 Å². The van der Waals surface area contributed by atoms with Gasteiger partial charge in [0.05, 0.1) is 11.4 Å². The largest absolute Gasteiger partial charge is 0.374 e. The van der Waals surface area contributed by atoms with E-state index < -0.39 is 0 Å². The molecule has 3 rings (SSSR count). The quantitative estimate of drug-likeness (QED) is 0.139. The topological polar surface area (TPSA) is 35.9 Å². The lowest BCUT2D eigenvalue weighted by Crippen LogP contribution is -2.27. The molecule has 0 aliphatic rings. The molecule has 2 nitrogen and oxygen atoms in total. The number of rotatable bonds is 12. The third-order valence-electron chi connectivity index (χ3n) is 6.70. The zero-order valence-electron chi connectivity index (χ0n) is 24.1. The normalized spacial score (nSPS) is 12.1. The van der Waals surface area contributed by atoms with Crippen LogP contribution < -0.4 is 15.8 Å². The number of benzene rings is 3. The Balaban J connectivity index is 1.81. The van der Waals surface area contributed by atoms with Crippen LogP contribution in [0.25, 0.3) is 35.1 Å². The van der Waals surface area contributed by atoms with E-state index in [9.17, 15) is 0 Å². The third-order valence-corrected chi connectivity index (χ3v) is 6.70. The molecule has 0 spiro atoms. The summed E-state index contributed by atoms with van der Waals surface area (Å²) >= 11 is 0. The van der Waals surface area contributed by atoms with Crippen LogP contribution in [0.3, 0.4) is 0 Å². The van der Waals surface area contributed by atoms with E-state index in [2.05, 4.69) is 93.2 Å². The standard InChI is InChI=1S/C38H40N2/c1-7-12-14-16-28(6)38(39)31-22-20-29(21-23-31)27-40-37(11-5)34-19-15-18-32(25-34)35-24-30(9-3)36(10-4)33(26-35)17-13-8-2/h7,9-10,12,14-26,39-40H,3,5-6,8,13,27H2,1-2,4H3/b12-7-,16-14-,33-17-,36-10-,39-38?. The van der Waals surface area contributed by atoms with E-state index in [1.807, 2.05) is 61.6 Å². The highest BCUT2D eigenvalue weighted by atomic mass is 14.9. The zero-order chi connectivity index (χ0) is 28.9. The summed E-state index contributed by atoms with van der Waals surface area (Å²) < 4.78 is 0. The number of allylic oxidation sites excluding steroid dienone is 5. The Bertz CT molecular complexity index is 1600. The maximum atomic E-state index is 8.42. The molecular weight excluding hydrogens is 484 g/mol. The Morgan fingerprint density at radius 1 is 0.975 bits per heavy atom. The molecule has 2 heteroatoms. The Hall–Kier alpha value is -4.65. The van der Waals surface area contributed by atoms with Crippen LogP contribution in [0.2, 0.25) is 0 Å². The summed E-state index contributed by atoms with van der Waals surface area (Å²) in [6.07, 6.45) is 16.2. The zero-order valence-corrected chi connectivity index (χ0v) is 24.1. The molecule has 0 atom stereocenters. The van der Waals surface area contributed by atoms with E-state index in [1.54, 1.807) is 0 Å². The maximum absolute atomic E-state index is 8.42. The van der Waals surface area contributed by atoms with Crippen molar-refractivity contribution in [2.75, 3.05) is 0 Å². The van der Waals surface area contributed by atoms with Gasteiger partial charge in [0, 0.05) is 12.1 Å². The molecule has 0 saturated carbocycles. The van der Waals surface area contributed by atoms with Crippen molar-refractivity contribution in [2.45, 2.75) is 40.2 Å². The summed E-state index contributed by atoms with van der Waals surface area (Å²) in [5.41, 5.74) is 11.4. The Kier molecular flexibility index (Phi) is 11.3. The molecule has 0 aliphatic heterocycles. The molecular formula is C38H40N2. The number of nitrogens with one attached hydrogen (secondary N) is 2. The van der Waals surface area contributed by atoms with Gasteiger partial charge in [-0.2, -0.15) is 0 Å². The molecule has 3 aromatic carbocycles. The SMILES string of the molecule is C=C=C(NCc1ccc(C(=N)C(=C)/C=C\C=C/C)cc1)c1cccc(-c2cc(C=C)c(=C/C)/c(=C\CCC)c2)c1. The minimum atomic E-state index is 0.420. The van der Waals surface area contributed by atoms with Crippen LogP contribution >= 0.6 is 0 Å². The lowest BCUT2D eigenvalue weighted by atomic mass is 9.97.